The molecule has 88 valence electrons. The Morgan fingerprint density at radius 2 is 1.87 bits per heavy atom. The van der Waals surface area contributed by atoms with E-state index in [1.54, 1.807) is 4.90 Å². The van der Waals surface area contributed by atoms with E-state index in [4.69, 9.17) is 0 Å². The largest absolute Gasteiger partial charge is 0.343 e. The molecule has 1 aliphatic rings. The number of nitrogens with zero attached hydrogens (tertiary/aromatic N) is 1. The van der Waals surface area contributed by atoms with Gasteiger partial charge in [-0.3, -0.25) is 4.79 Å². The van der Waals surface area contributed by atoms with Crippen LogP contribution in [-0.2, 0) is 14.8 Å². The minimum Gasteiger partial charge on any atom is -0.343 e. The molecule has 0 bridgehead atoms. The Morgan fingerprint density at radius 1 is 1.27 bits per heavy atom. The third-order valence-corrected chi connectivity index (χ3v) is 3.97. The predicted molar refractivity (Wildman–Crippen MR) is 57.9 cm³/mol. The molecular formula is C9H18N2O3S. The van der Waals surface area contributed by atoms with E-state index in [1.807, 2.05) is 0 Å². The molecule has 1 saturated heterocycles. The van der Waals surface area contributed by atoms with Gasteiger partial charge in [0.25, 0.3) is 0 Å². The van der Waals surface area contributed by atoms with Gasteiger partial charge >= 0.3 is 0 Å². The number of nitrogens with one attached hydrogen (secondary N) is 1. The fourth-order valence-electron chi connectivity index (χ4n) is 1.63. The maximum absolute atomic E-state index is 11.6. The Hall–Kier alpha value is -0.620. The van der Waals surface area contributed by atoms with Crippen LogP contribution in [0, 0.1) is 0 Å². The highest BCUT2D eigenvalue weighted by Crippen LogP contribution is 2.10. The number of piperidine rings is 1. The normalized spacial score (nSPS) is 17.8. The summed E-state index contributed by atoms with van der Waals surface area (Å²) in [6.07, 6.45) is 3.32. The molecule has 0 saturated carbocycles. The van der Waals surface area contributed by atoms with Crippen LogP contribution in [0.5, 0.6) is 0 Å². The summed E-state index contributed by atoms with van der Waals surface area (Å²) in [5, 5.41) is 0. The molecule has 15 heavy (non-hydrogen) atoms. The highest BCUT2D eigenvalue weighted by molar-refractivity contribution is 7.89. The van der Waals surface area contributed by atoms with Crippen LogP contribution < -0.4 is 4.72 Å². The molecule has 1 rings (SSSR count). The van der Waals surface area contributed by atoms with Gasteiger partial charge in [0.1, 0.15) is 0 Å². The van der Waals surface area contributed by atoms with Gasteiger partial charge in [-0.1, -0.05) is 0 Å². The van der Waals surface area contributed by atoms with Crippen LogP contribution >= 0.6 is 0 Å². The Labute approximate surface area is 90.9 Å². The smallest absolute Gasteiger partial charge is 0.223 e. The van der Waals surface area contributed by atoms with E-state index in [9.17, 15) is 13.2 Å². The Kier molecular flexibility index (Phi) is 4.53. The van der Waals surface area contributed by atoms with Gasteiger partial charge in [0, 0.05) is 19.5 Å². The van der Waals surface area contributed by atoms with E-state index in [-0.39, 0.29) is 18.1 Å². The third kappa shape index (κ3) is 4.17. The SMILES string of the molecule is CNS(=O)(=O)CCC(=O)N1CCCCC1. The maximum Gasteiger partial charge on any atom is 0.223 e. The van der Waals surface area contributed by atoms with Crippen LogP contribution in [0.15, 0.2) is 0 Å². The molecule has 0 unspecified atom stereocenters. The van der Waals surface area contributed by atoms with Crippen molar-refractivity contribution < 1.29 is 13.2 Å². The van der Waals surface area contributed by atoms with Gasteiger partial charge in [-0.05, 0) is 26.3 Å². The van der Waals surface area contributed by atoms with Crippen molar-refractivity contribution in [3.63, 3.8) is 0 Å². The maximum atomic E-state index is 11.6. The summed E-state index contributed by atoms with van der Waals surface area (Å²) in [7, 11) is -1.89. The van der Waals surface area contributed by atoms with E-state index in [1.165, 1.54) is 13.5 Å². The number of sulfonamides is 1. The van der Waals surface area contributed by atoms with Crippen LogP contribution in [0.25, 0.3) is 0 Å². The molecule has 0 radical (unpaired) electrons. The summed E-state index contributed by atoms with van der Waals surface area (Å²) in [4.78, 5) is 13.4. The van der Waals surface area contributed by atoms with Gasteiger partial charge in [0.05, 0.1) is 5.75 Å². The van der Waals surface area contributed by atoms with Crippen molar-refractivity contribution in [2.45, 2.75) is 25.7 Å². The van der Waals surface area contributed by atoms with Crippen molar-refractivity contribution in [2.75, 3.05) is 25.9 Å². The lowest BCUT2D eigenvalue weighted by Gasteiger charge is -2.26. The van der Waals surface area contributed by atoms with Crippen molar-refractivity contribution in [3.8, 4) is 0 Å². The number of hydrogen-bond donors (Lipinski definition) is 1. The molecule has 5 nitrogen and oxygen atoms in total. The van der Waals surface area contributed by atoms with Crippen molar-refractivity contribution in [1.29, 1.82) is 0 Å². The topological polar surface area (TPSA) is 66.5 Å². The molecule has 0 atom stereocenters. The molecule has 1 fully saturated rings. The number of amides is 1. The highest BCUT2D eigenvalue weighted by atomic mass is 32.2. The van der Waals surface area contributed by atoms with Gasteiger partial charge in [-0.25, -0.2) is 13.1 Å². The van der Waals surface area contributed by atoms with Crippen LogP contribution in [0.2, 0.25) is 0 Å². The second kappa shape index (κ2) is 5.46. The molecule has 0 aromatic heterocycles. The lowest BCUT2D eigenvalue weighted by molar-refractivity contribution is -0.131. The highest BCUT2D eigenvalue weighted by Gasteiger charge is 2.18. The van der Waals surface area contributed by atoms with Gasteiger partial charge in [-0.15, -0.1) is 0 Å². The van der Waals surface area contributed by atoms with E-state index in [0.29, 0.717) is 0 Å². The number of carbonyl (C=O) groups is 1. The number of likely N-dealkylation sites (tertiary alicyclic amines) is 1. The second-order valence-corrected chi connectivity index (χ2v) is 5.76. The van der Waals surface area contributed by atoms with Gasteiger partial charge in [-0.2, -0.15) is 0 Å². The molecule has 0 aliphatic carbocycles. The zero-order chi connectivity index (χ0) is 11.3. The quantitative estimate of drug-likeness (QED) is 0.741. The summed E-state index contributed by atoms with van der Waals surface area (Å²) < 4.78 is 24.4. The minimum absolute atomic E-state index is 0.0477. The fourth-order valence-corrected chi connectivity index (χ4v) is 2.27. The Bertz CT molecular complexity index is 307. The van der Waals surface area contributed by atoms with Gasteiger partial charge in [0.2, 0.25) is 15.9 Å². The first-order valence-electron chi connectivity index (χ1n) is 5.24. The monoisotopic (exact) mass is 234 g/mol. The predicted octanol–water partition coefficient (Wildman–Crippen LogP) is -0.0618. The summed E-state index contributed by atoms with van der Waals surface area (Å²) >= 11 is 0. The lowest BCUT2D eigenvalue weighted by Crippen LogP contribution is -2.37. The molecular weight excluding hydrogens is 216 g/mol. The summed E-state index contributed by atoms with van der Waals surface area (Å²) in [5.74, 6) is -0.160. The molecule has 1 heterocycles. The summed E-state index contributed by atoms with van der Waals surface area (Å²) in [5.41, 5.74) is 0. The van der Waals surface area contributed by atoms with Crippen LogP contribution in [0.1, 0.15) is 25.7 Å². The van der Waals surface area contributed by atoms with Gasteiger partial charge in [0.15, 0.2) is 0 Å². The van der Waals surface area contributed by atoms with Crippen molar-refractivity contribution in [2.24, 2.45) is 0 Å². The first-order chi connectivity index (χ1) is 7.05. The fraction of sp³-hybridized carbons (Fsp3) is 0.889. The first kappa shape index (κ1) is 12.4. The number of hydrogen-bond acceptors (Lipinski definition) is 3. The van der Waals surface area contributed by atoms with Crippen molar-refractivity contribution in [1.82, 2.24) is 9.62 Å². The zero-order valence-electron chi connectivity index (χ0n) is 9.03. The molecule has 0 aromatic rings. The summed E-state index contributed by atoms with van der Waals surface area (Å²) in [6.45, 7) is 1.55. The Morgan fingerprint density at radius 3 is 2.40 bits per heavy atom. The van der Waals surface area contributed by atoms with Crippen LogP contribution in [0.3, 0.4) is 0 Å². The average molecular weight is 234 g/mol. The van der Waals surface area contributed by atoms with Gasteiger partial charge < -0.3 is 4.90 Å². The van der Waals surface area contributed by atoms with Crippen LogP contribution in [0.4, 0.5) is 0 Å². The first-order valence-corrected chi connectivity index (χ1v) is 6.89. The zero-order valence-corrected chi connectivity index (χ0v) is 9.85. The average Bonchev–Trinajstić information content (AvgIpc) is 2.27. The molecule has 0 aromatic carbocycles. The standard InChI is InChI=1S/C9H18N2O3S/c1-10-15(13,14)8-5-9(12)11-6-3-2-4-7-11/h10H,2-8H2,1H3. The van der Waals surface area contributed by atoms with E-state index in [2.05, 4.69) is 4.72 Å². The molecule has 1 amide bonds. The lowest BCUT2D eigenvalue weighted by atomic mass is 10.1. The van der Waals surface area contributed by atoms with Crippen molar-refractivity contribution in [3.05, 3.63) is 0 Å². The minimum atomic E-state index is -3.25. The molecule has 1 N–H and O–H groups in total. The molecule has 1 aliphatic heterocycles. The van der Waals surface area contributed by atoms with E-state index < -0.39 is 10.0 Å². The molecule has 6 heteroatoms. The number of rotatable bonds is 4. The third-order valence-electron chi connectivity index (χ3n) is 2.60. The van der Waals surface area contributed by atoms with Crippen molar-refractivity contribution >= 4 is 15.9 Å². The molecule has 0 spiro atoms. The second-order valence-electron chi connectivity index (χ2n) is 3.71. The van der Waals surface area contributed by atoms with Crippen LogP contribution in [-0.4, -0.2) is 45.1 Å². The van der Waals surface area contributed by atoms with E-state index >= 15 is 0 Å². The summed E-state index contributed by atoms with van der Waals surface area (Å²) in [6, 6.07) is 0. The Balaban J connectivity index is 2.35. The van der Waals surface area contributed by atoms with E-state index in [0.717, 1.165) is 25.9 Å². The number of carbonyl (C=O) groups excluding carboxylic acids is 1.